The smallest absolute Gasteiger partial charge is 0.261 e. The molecular formula is C30H34BrClN2O3. The van der Waals surface area contributed by atoms with Gasteiger partial charge < -0.3 is 15.0 Å². The van der Waals surface area contributed by atoms with Crippen LogP contribution in [0.4, 0.5) is 0 Å². The van der Waals surface area contributed by atoms with Crippen molar-refractivity contribution in [1.82, 2.24) is 10.2 Å². The van der Waals surface area contributed by atoms with E-state index in [0.29, 0.717) is 23.7 Å². The van der Waals surface area contributed by atoms with Crippen molar-refractivity contribution in [2.45, 2.75) is 46.7 Å². The highest BCUT2D eigenvalue weighted by Gasteiger charge is 2.31. The number of nitrogens with zero attached hydrogens (tertiary/aromatic N) is 1. The van der Waals surface area contributed by atoms with Gasteiger partial charge in [-0.15, -0.1) is 0 Å². The molecule has 0 saturated carbocycles. The van der Waals surface area contributed by atoms with Gasteiger partial charge in [0.25, 0.3) is 5.91 Å². The minimum Gasteiger partial charge on any atom is -0.484 e. The molecule has 0 bridgehead atoms. The summed E-state index contributed by atoms with van der Waals surface area (Å²) in [6.45, 7) is 8.60. The van der Waals surface area contributed by atoms with Gasteiger partial charge in [0.15, 0.2) is 6.61 Å². The molecule has 0 saturated heterocycles. The molecule has 0 spiro atoms. The molecular weight excluding hydrogens is 552 g/mol. The third kappa shape index (κ3) is 8.61. The summed E-state index contributed by atoms with van der Waals surface area (Å²) < 4.78 is 6.95. The van der Waals surface area contributed by atoms with Crippen LogP contribution >= 0.6 is 27.5 Å². The molecule has 0 aliphatic rings. The van der Waals surface area contributed by atoms with Crippen molar-refractivity contribution < 1.29 is 14.3 Å². The Morgan fingerprint density at radius 1 is 0.973 bits per heavy atom. The number of carbonyl (C=O) groups is 2. The number of carbonyl (C=O) groups excluding carboxylic acids is 2. The Hall–Kier alpha value is -2.83. The van der Waals surface area contributed by atoms with Gasteiger partial charge in [-0.2, -0.15) is 0 Å². The lowest BCUT2D eigenvalue weighted by molar-refractivity contribution is -0.142. The fourth-order valence-corrected chi connectivity index (χ4v) is 4.47. The largest absolute Gasteiger partial charge is 0.484 e. The highest BCUT2D eigenvalue weighted by molar-refractivity contribution is 9.10. The van der Waals surface area contributed by atoms with E-state index < -0.39 is 6.04 Å². The zero-order chi connectivity index (χ0) is 26.9. The number of rotatable bonds is 11. The SMILES string of the molecule is Cc1cc(OCC(=O)N(Cc2cccc(Cl)c2)C(Cc2ccccc2)C(=O)NCC(C)C)cc(C)c1Br. The molecule has 5 nitrogen and oxygen atoms in total. The number of hydrogen-bond donors (Lipinski definition) is 1. The first-order valence-electron chi connectivity index (χ1n) is 12.4. The van der Waals surface area contributed by atoms with E-state index in [0.717, 1.165) is 26.7 Å². The summed E-state index contributed by atoms with van der Waals surface area (Å²) >= 11 is 9.80. The molecule has 0 aliphatic carbocycles. The van der Waals surface area contributed by atoms with Gasteiger partial charge in [-0.05, 0) is 66.3 Å². The van der Waals surface area contributed by atoms with Crippen LogP contribution in [0.3, 0.4) is 0 Å². The molecule has 7 heteroatoms. The van der Waals surface area contributed by atoms with Crippen molar-refractivity contribution in [2.24, 2.45) is 5.92 Å². The van der Waals surface area contributed by atoms with Gasteiger partial charge in [-0.25, -0.2) is 0 Å². The van der Waals surface area contributed by atoms with Gasteiger partial charge in [-0.1, -0.05) is 83.8 Å². The first-order chi connectivity index (χ1) is 17.6. The molecule has 2 amide bonds. The lowest BCUT2D eigenvalue weighted by Crippen LogP contribution is -2.52. The Bertz CT molecular complexity index is 1190. The van der Waals surface area contributed by atoms with Crippen LogP contribution in [0.1, 0.15) is 36.1 Å². The number of ether oxygens (including phenoxy) is 1. The Kier molecular flexibility index (Phi) is 10.6. The fraction of sp³-hybridized carbons (Fsp3) is 0.333. The fourth-order valence-electron chi connectivity index (χ4n) is 4.03. The quantitative estimate of drug-likeness (QED) is 0.279. The molecule has 0 heterocycles. The molecule has 3 aromatic carbocycles. The molecule has 3 rings (SSSR count). The molecule has 37 heavy (non-hydrogen) atoms. The second-order valence-corrected chi connectivity index (χ2v) is 10.9. The Labute approximate surface area is 233 Å². The van der Waals surface area contributed by atoms with Crippen LogP contribution in [0.25, 0.3) is 0 Å². The van der Waals surface area contributed by atoms with E-state index >= 15 is 0 Å². The summed E-state index contributed by atoms with van der Waals surface area (Å²) in [5.74, 6) is 0.422. The van der Waals surface area contributed by atoms with Crippen LogP contribution in [0.15, 0.2) is 71.2 Å². The van der Waals surface area contributed by atoms with Crippen molar-refractivity contribution in [3.05, 3.63) is 98.5 Å². The zero-order valence-electron chi connectivity index (χ0n) is 21.8. The Morgan fingerprint density at radius 3 is 2.24 bits per heavy atom. The maximum absolute atomic E-state index is 13.7. The van der Waals surface area contributed by atoms with Gasteiger partial charge >= 0.3 is 0 Å². The van der Waals surface area contributed by atoms with Crippen LogP contribution in [0.5, 0.6) is 5.75 Å². The molecule has 1 atom stereocenters. The van der Waals surface area contributed by atoms with Crippen LogP contribution in [0.2, 0.25) is 5.02 Å². The second-order valence-electron chi connectivity index (χ2n) is 9.66. The van der Waals surface area contributed by atoms with Crippen LogP contribution < -0.4 is 10.1 Å². The topological polar surface area (TPSA) is 58.6 Å². The number of amides is 2. The molecule has 0 aromatic heterocycles. The number of benzene rings is 3. The van der Waals surface area contributed by atoms with Crippen molar-refractivity contribution in [2.75, 3.05) is 13.2 Å². The molecule has 1 unspecified atom stereocenters. The number of hydrogen-bond acceptors (Lipinski definition) is 3. The molecule has 3 aromatic rings. The van der Waals surface area contributed by atoms with E-state index in [9.17, 15) is 9.59 Å². The molecule has 1 N–H and O–H groups in total. The van der Waals surface area contributed by atoms with E-state index in [2.05, 4.69) is 21.2 Å². The van der Waals surface area contributed by atoms with Crippen molar-refractivity contribution >= 4 is 39.3 Å². The molecule has 0 radical (unpaired) electrons. The summed E-state index contributed by atoms with van der Waals surface area (Å²) in [6, 6.07) is 20.1. The van der Waals surface area contributed by atoms with E-state index in [1.165, 1.54) is 0 Å². The predicted molar refractivity (Wildman–Crippen MR) is 153 cm³/mol. The Balaban J connectivity index is 1.91. The molecule has 196 valence electrons. The number of aryl methyl sites for hydroxylation is 2. The first-order valence-corrected chi connectivity index (χ1v) is 13.6. The lowest BCUT2D eigenvalue weighted by atomic mass is 10.0. The monoisotopic (exact) mass is 584 g/mol. The van der Waals surface area contributed by atoms with E-state index in [1.54, 1.807) is 11.0 Å². The maximum Gasteiger partial charge on any atom is 0.261 e. The third-order valence-electron chi connectivity index (χ3n) is 5.97. The van der Waals surface area contributed by atoms with Crippen LogP contribution in [0, 0.1) is 19.8 Å². The van der Waals surface area contributed by atoms with Crippen LogP contribution in [-0.4, -0.2) is 35.9 Å². The minimum atomic E-state index is -0.718. The summed E-state index contributed by atoms with van der Waals surface area (Å²) in [5, 5.41) is 3.60. The summed E-state index contributed by atoms with van der Waals surface area (Å²) in [7, 11) is 0. The van der Waals surface area contributed by atoms with E-state index in [4.69, 9.17) is 16.3 Å². The standard InChI is InChI=1S/C30H34BrClN2O3/c1-20(2)17-33-30(36)27(16-23-9-6-5-7-10-23)34(18-24-11-8-12-25(32)15-24)28(35)19-37-26-13-21(3)29(31)22(4)14-26/h5-15,20,27H,16-19H2,1-4H3,(H,33,36). The number of halogens is 2. The second kappa shape index (κ2) is 13.6. The highest BCUT2D eigenvalue weighted by Crippen LogP contribution is 2.26. The van der Waals surface area contributed by atoms with Gasteiger partial charge in [0.1, 0.15) is 11.8 Å². The van der Waals surface area contributed by atoms with Crippen LogP contribution in [-0.2, 0) is 22.6 Å². The zero-order valence-corrected chi connectivity index (χ0v) is 24.1. The first kappa shape index (κ1) is 28.7. The normalized spacial score (nSPS) is 11.8. The summed E-state index contributed by atoms with van der Waals surface area (Å²) in [4.78, 5) is 28.8. The van der Waals surface area contributed by atoms with Gasteiger partial charge in [0, 0.05) is 29.0 Å². The van der Waals surface area contributed by atoms with Crippen molar-refractivity contribution in [3.63, 3.8) is 0 Å². The van der Waals surface area contributed by atoms with Gasteiger partial charge in [0.05, 0.1) is 0 Å². The van der Waals surface area contributed by atoms with E-state index in [1.807, 2.05) is 88.4 Å². The summed E-state index contributed by atoms with van der Waals surface area (Å²) in [5.41, 5.74) is 3.85. The van der Waals surface area contributed by atoms with Gasteiger partial charge in [-0.3, -0.25) is 9.59 Å². The van der Waals surface area contributed by atoms with Crippen molar-refractivity contribution in [3.8, 4) is 5.75 Å². The van der Waals surface area contributed by atoms with Gasteiger partial charge in [0.2, 0.25) is 5.91 Å². The molecule has 0 aliphatic heterocycles. The number of nitrogens with one attached hydrogen (secondary N) is 1. The minimum absolute atomic E-state index is 0.191. The highest BCUT2D eigenvalue weighted by atomic mass is 79.9. The molecule has 0 fully saturated rings. The predicted octanol–water partition coefficient (Wildman–Crippen LogP) is 6.51. The lowest BCUT2D eigenvalue weighted by Gasteiger charge is -2.31. The van der Waals surface area contributed by atoms with Crippen molar-refractivity contribution in [1.29, 1.82) is 0 Å². The average molecular weight is 586 g/mol. The third-order valence-corrected chi connectivity index (χ3v) is 7.46. The van der Waals surface area contributed by atoms with E-state index in [-0.39, 0.29) is 30.9 Å². The average Bonchev–Trinajstić information content (AvgIpc) is 2.87. The summed E-state index contributed by atoms with van der Waals surface area (Å²) in [6.07, 6.45) is 0.383. The maximum atomic E-state index is 13.7. The Morgan fingerprint density at radius 2 is 1.62 bits per heavy atom.